The summed E-state index contributed by atoms with van der Waals surface area (Å²) in [5.41, 5.74) is 7.44. The van der Waals surface area contributed by atoms with Gasteiger partial charge in [0.15, 0.2) is 0 Å². The van der Waals surface area contributed by atoms with Gasteiger partial charge in [0.25, 0.3) is 0 Å². The highest BCUT2D eigenvalue weighted by Crippen LogP contribution is 2.13. The third-order valence-corrected chi connectivity index (χ3v) is 3.93. The smallest absolute Gasteiger partial charge is 0.227 e. The fourth-order valence-corrected chi connectivity index (χ4v) is 2.87. The van der Waals surface area contributed by atoms with Crippen molar-refractivity contribution in [3.63, 3.8) is 0 Å². The van der Waals surface area contributed by atoms with E-state index in [1.54, 1.807) is 0 Å². The lowest BCUT2D eigenvalue weighted by molar-refractivity contribution is -0.130. The Morgan fingerprint density at radius 3 is 3.06 bits per heavy atom. The van der Waals surface area contributed by atoms with Crippen LogP contribution in [0.25, 0.3) is 0 Å². The highest BCUT2D eigenvalue weighted by atomic mass is 32.2. The Balaban J connectivity index is 1.95. The number of thioether (sulfide) groups is 1. The number of hydrogen-bond donors (Lipinski definition) is 1. The lowest BCUT2D eigenvalue weighted by Crippen LogP contribution is -2.34. The molecule has 0 saturated carbocycles. The van der Waals surface area contributed by atoms with Gasteiger partial charge in [0.2, 0.25) is 5.91 Å². The molecule has 1 aromatic carbocycles. The summed E-state index contributed by atoms with van der Waals surface area (Å²) >= 11 is 1.93. The second kappa shape index (κ2) is 5.96. The number of nitrogens with two attached hydrogens (primary N) is 1. The number of rotatable bonds is 2. The lowest BCUT2D eigenvalue weighted by atomic mass is 10.1. The molecule has 1 aromatic rings. The quantitative estimate of drug-likeness (QED) is 0.814. The van der Waals surface area contributed by atoms with E-state index in [4.69, 9.17) is 5.73 Å². The lowest BCUT2D eigenvalue weighted by Gasteiger charge is -2.20. The number of anilines is 1. The molecule has 0 aromatic heterocycles. The van der Waals surface area contributed by atoms with Gasteiger partial charge in [-0.1, -0.05) is 12.1 Å². The molecule has 17 heavy (non-hydrogen) atoms. The zero-order valence-corrected chi connectivity index (χ0v) is 10.7. The summed E-state index contributed by atoms with van der Waals surface area (Å²) in [7, 11) is 0. The molecule has 1 saturated heterocycles. The molecule has 0 atom stereocenters. The first-order valence-electron chi connectivity index (χ1n) is 5.95. The van der Waals surface area contributed by atoms with Crippen LogP contribution in [0.1, 0.15) is 12.0 Å². The molecule has 0 radical (unpaired) electrons. The molecule has 1 heterocycles. The summed E-state index contributed by atoms with van der Waals surface area (Å²) in [5.74, 6) is 2.45. The summed E-state index contributed by atoms with van der Waals surface area (Å²) < 4.78 is 0. The molecule has 0 spiro atoms. The highest BCUT2D eigenvalue weighted by Gasteiger charge is 2.15. The van der Waals surface area contributed by atoms with Crippen LogP contribution in [0.2, 0.25) is 0 Å². The second-order valence-corrected chi connectivity index (χ2v) is 5.49. The molecule has 3 nitrogen and oxygen atoms in total. The third kappa shape index (κ3) is 3.66. The second-order valence-electron chi connectivity index (χ2n) is 4.27. The van der Waals surface area contributed by atoms with Gasteiger partial charge in [-0.2, -0.15) is 11.8 Å². The topological polar surface area (TPSA) is 46.3 Å². The average molecular weight is 250 g/mol. The van der Waals surface area contributed by atoms with Crippen LogP contribution >= 0.6 is 11.8 Å². The van der Waals surface area contributed by atoms with Gasteiger partial charge in [-0.3, -0.25) is 4.79 Å². The van der Waals surface area contributed by atoms with Crippen LogP contribution < -0.4 is 5.73 Å². The summed E-state index contributed by atoms with van der Waals surface area (Å²) in [6, 6.07) is 7.58. The number of carbonyl (C=O) groups excluding carboxylic acids is 1. The third-order valence-electron chi connectivity index (χ3n) is 2.88. The van der Waals surface area contributed by atoms with E-state index in [9.17, 15) is 4.79 Å². The maximum absolute atomic E-state index is 12.1. The first-order chi connectivity index (χ1) is 8.25. The van der Waals surface area contributed by atoms with Crippen LogP contribution in [-0.4, -0.2) is 35.4 Å². The Bertz CT molecular complexity index is 387. The van der Waals surface area contributed by atoms with Gasteiger partial charge >= 0.3 is 0 Å². The molecule has 1 aliphatic rings. The van der Waals surface area contributed by atoms with Crippen LogP contribution in [-0.2, 0) is 11.2 Å². The van der Waals surface area contributed by atoms with Crippen LogP contribution in [0, 0.1) is 0 Å². The Labute approximate surface area is 106 Å². The molecule has 0 unspecified atom stereocenters. The molecule has 1 amide bonds. The van der Waals surface area contributed by atoms with Crippen LogP contribution in [0.5, 0.6) is 0 Å². The van der Waals surface area contributed by atoms with Gasteiger partial charge in [-0.05, 0) is 29.9 Å². The molecular formula is C13H18N2OS. The van der Waals surface area contributed by atoms with E-state index in [0.29, 0.717) is 6.42 Å². The number of nitrogens with zero attached hydrogens (tertiary/aromatic N) is 1. The first-order valence-corrected chi connectivity index (χ1v) is 7.11. The molecule has 1 fully saturated rings. The van der Waals surface area contributed by atoms with Crippen molar-refractivity contribution in [2.45, 2.75) is 12.8 Å². The number of carbonyl (C=O) groups is 1. The minimum absolute atomic E-state index is 0.220. The summed E-state index contributed by atoms with van der Waals surface area (Å²) in [6.07, 6.45) is 1.57. The minimum atomic E-state index is 0.220. The molecule has 0 bridgehead atoms. The number of benzene rings is 1. The van der Waals surface area contributed by atoms with Gasteiger partial charge in [-0.15, -0.1) is 0 Å². The molecule has 4 heteroatoms. The van der Waals surface area contributed by atoms with Crippen molar-refractivity contribution in [2.24, 2.45) is 0 Å². The zero-order valence-electron chi connectivity index (χ0n) is 9.89. The van der Waals surface area contributed by atoms with Gasteiger partial charge in [0.05, 0.1) is 6.42 Å². The Morgan fingerprint density at radius 1 is 1.35 bits per heavy atom. The maximum Gasteiger partial charge on any atom is 0.227 e. The van der Waals surface area contributed by atoms with Gasteiger partial charge in [-0.25, -0.2) is 0 Å². The van der Waals surface area contributed by atoms with E-state index in [0.717, 1.165) is 36.5 Å². The Morgan fingerprint density at radius 2 is 2.24 bits per heavy atom. The zero-order chi connectivity index (χ0) is 12.1. The fraction of sp³-hybridized carbons (Fsp3) is 0.462. The largest absolute Gasteiger partial charge is 0.399 e. The summed E-state index contributed by atoms with van der Waals surface area (Å²) in [6.45, 7) is 1.78. The number of amides is 1. The van der Waals surface area contributed by atoms with Gasteiger partial charge in [0, 0.05) is 24.5 Å². The summed E-state index contributed by atoms with van der Waals surface area (Å²) in [5, 5.41) is 0. The van der Waals surface area contributed by atoms with E-state index in [2.05, 4.69) is 0 Å². The van der Waals surface area contributed by atoms with Crippen molar-refractivity contribution in [2.75, 3.05) is 30.3 Å². The van der Waals surface area contributed by atoms with Crippen molar-refractivity contribution < 1.29 is 4.79 Å². The Kier molecular flexibility index (Phi) is 4.31. The summed E-state index contributed by atoms with van der Waals surface area (Å²) in [4.78, 5) is 14.1. The first kappa shape index (κ1) is 12.3. The van der Waals surface area contributed by atoms with Crippen molar-refractivity contribution in [3.8, 4) is 0 Å². The minimum Gasteiger partial charge on any atom is -0.399 e. The van der Waals surface area contributed by atoms with Crippen molar-refractivity contribution in [1.82, 2.24) is 4.90 Å². The monoisotopic (exact) mass is 250 g/mol. The standard InChI is InChI=1S/C13H18N2OS/c14-12-4-1-3-11(9-12)10-13(16)15-5-2-7-17-8-6-15/h1,3-4,9H,2,5-8,10,14H2. The molecule has 92 valence electrons. The van der Waals surface area contributed by atoms with Crippen LogP contribution in [0.3, 0.4) is 0 Å². The molecule has 2 rings (SSSR count). The SMILES string of the molecule is Nc1cccc(CC(=O)N2CCCSCC2)c1. The van der Waals surface area contributed by atoms with E-state index in [1.165, 1.54) is 5.75 Å². The normalized spacial score (nSPS) is 16.6. The predicted octanol–water partition coefficient (Wildman–Crippen LogP) is 1.78. The average Bonchev–Trinajstić information content (AvgIpc) is 2.57. The van der Waals surface area contributed by atoms with E-state index >= 15 is 0 Å². The van der Waals surface area contributed by atoms with Crippen molar-refractivity contribution in [3.05, 3.63) is 29.8 Å². The van der Waals surface area contributed by atoms with Gasteiger partial charge < -0.3 is 10.6 Å². The molecule has 1 aliphatic heterocycles. The van der Waals surface area contributed by atoms with E-state index < -0.39 is 0 Å². The molecular weight excluding hydrogens is 232 g/mol. The number of nitrogen functional groups attached to an aromatic ring is 1. The maximum atomic E-state index is 12.1. The molecule has 2 N–H and O–H groups in total. The molecule has 0 aliphatic carbocycles. The van der Waals surface area contributed by atoms with Gasteiger partial charge in [0.1, 0.15) is 0 Å². The van der Waals surface area contributed by atoms with Crippen LogP contribution in [0.4, 0.5) is 5.69 Å². The fourth-order valence-electron chi connectivity index (χ4n) is 1.98. The highest BCUT2D eigenvalue weighted by molar-refractivity contribution is 7.99. The predicted molar refractivity (Wildman–Crippen MR) is 73.1 cm³/mol. The number of hydrogen-bond acceptors (Lipinski definition) is 3. The van der Waals surface area contributed by atoms with Crippen molar-refractivity contribution in [1.29, 1.82) is 0 Å². The van der Waals surface area contributed by atoms with E-state index in [1.807, 2.05) is 40.9 Å². The van der Waals surface area contributed by atoms with E-state index in [-0.39, 0.29) is 5.91 Å². The Hall–Kier alpha value is -1.16. The van der Waals surface area contributed by atoms with Crippen molar-refractivity contribution >= 4 is 23.4 Å². The van der Waals surface area contributed by atoms with Crippen LogP contribution in [0.15, 0.2) is 24.3 Å².